The molecule has 0 saturated heterocycles. The molecule has 0 atom stereocenters. The van der Waals surface area contributed by atoms with Crippen molar-refractivity contribution in [3.05, 3.63) is 41.7 Å². The zero-order valence-corrected chi connectivity index (χ0v) is 15.9. The van der Waals surface area contributed by atoms with Gasteiger partial charge in [-0.25, -0.2) is 4.98 Å². The van der Waals surface area contributed by atoms with Gasteiger partial charge in [-0.2, -0.15) is 4.98 Å². The molecule has 7 heteroatoms. The molecule has 1 aliphatic heterocycles. The number of anilines is 3. The Labute approximate surface area is 163 Å². The van der Waals surface area contributed by atoms with Crippen molar-refractivity contribution >= 4 is 34.5 Å². The third-order valence-corrected chi connectivity index (χ3v) is 5.43. The van der Waals surface area contributed by atoms with E-state index in [1.807, 2.05) is 11.0 Å². The fourth-order valence-electron chi connectivity index (χ4n) is 3.69. The number of hydrogen-bond donors (Lipinski definition) is 2. The van der Waals surface area contributed by atoms with E-state index in [1.54, 1.807) is 13.2 Å². The SMILES string of the molecule is CC(=O)N1CCc2ccc(Nc3nc(NC4CC4)c4occc4n3)cc2CC1. The molecule has 0 radical (unpaired) electrons. The molecule has 2 N–H and O–H groups in total. The minimum absolute atomic E-state index is 0.142. The van der Waals surface area contributed by atoms with E-state index in [0.717, 1.165) is 55.8 Å². The molecular formula is C21H23N5O2. The molecule has 0 bridgehead atoms. The Bertz CT molecular complexity index is 1040. The van der Waals surface area contributed by atoms with Crippen LogP contribution in [0.1, 0.15) is 30.9 Å². The molecule has 0 spiro atoms. The number of carbonyl (C=O) groups is 1. The molecule has 1 aromatic carbocycles. The number of nitrogens with zero attached hydrogens (tertiary/aromatic N) is 3. The van der Waals surface area contributed by atoms with Crippen molar-refractivity contribution in [1.29, 1.82) is 0 Å². The third kappa shape index (κ3) is 3.40. The maximum Gasteiger partial charge on any atom is 0.229 e. The number of fused-ring (bicyclic) bond motifs is 2. The summed E-state index contributed by atoms with van der Waals surface area (Å²) in [6.07, 6.45) is 5.72. The monoisotopic (exact) mass is 377 g/mol. The Balaban J connectivity index is 1.40. The summed E-state index contributed by atoms with van der Waals surface area (Å²) >= 11 is 0. The molecule has 28 heavy (non-hydrogen) atoms. The molecule has 2 aromatic heterocycles. The Hall–Kier alpha value is -3.09. The Kier molecular flexibility index (Phi) is 4.15. The van der Waals surface area contributed by atoms with Crippen molar-refractivity contribution in [2.24, 2.45) is 0 Å². The van der Waals surface area contributed by atoms with Gasteiger partial charge in [0.05, 0.1) is 6.26 Å². The number of benzene rings is 1. The summed E-state index contributed by atoms with van der Waals surface area (Å²) in [4.78, 5) is 22.8. The molecule has 144 valence electrons. The van der Waals surface area contributed by atoms with Crippen molar-refractivity contribution in [1.82, 2.24) is 14.9 Å². The van der Waals surface area contributed by atoms with Crippen LogP contribution in [0.4, 0.5) is 17.5 Å². The highest BCUT2D eigenvalue weighted by molar-refractivity contribution is 5.85. The van der Waals surface area contributed by atoms with Crippen molar-refractivity contribution in [3.63, 3.8) is 0 Å². The van der Waals surface area contributed by atoms with Crippen LogP contribution in [0.3, 0.4) is 0 Å². The van der Waals surface area contributed by atoms with Crippen LogP contribution in [0.25, 0.3) is 11.1 Å². The summed E-state index contributed by atoms with van der Waals surface area (Å²) in [7, 11) is 0. The molecule has 5 rings (SSSR count). The van der Waals surface area contributed by atoms with Gasteiger partial charge >= 0.3 is 0 Å². The number of nitrogens with one attached hydrogen (secondary N) is 2. The molecule has 3 heterocycles. The van der Waals surface area contributed by atoms with Gasteiger partial charge in [0.2, 0.25) is 11.9 Å². The maximum atomic E-state index is 11.7. The van der Waals surface area contributed by atoms with E-state index in [1.165, 1.54) is 11.1 Å². The zero-order valence-electron chi connectivity index (χ0n) is 15.9. The van der Waals surface area contributed by atoms with Crippen molar-refractivity contribution < 1.29 is 9.21 Å². The molecule has 1 fully saturated rings. The first-order chi connectivity index (χ1) is 13.7. The minimum Gasteiger partial charge on any atom is -0.459 e. The van der Waals surface area contributed by atoms with Gasteiger partial charge in [0.1, 0.15) is 5.52 Å². The predicted octanol–water partition coefficient (Wildman–Crippen LogP) is 3.49. The highest BCUT2D eigenvalue weighted by atomic mass is 16.3. The lowest BCUT2D eigenvalue weighted by Crippen LogP contribution is -2.30. The van der Waals surface area contributed by atoms with Crippen molar-refractivity contribution in [3.8, 4) is 0 Å². The minimum atomic E-state index is 0.142. The number of amides is 1. The normalized spacial score (nSPS) is 16.5. The number of furan rings is 1. The third-order valence-electron chi connectivity index (χ3n) is 5.43. The van der Waals surface area contributed by atoms with E-state index in [2.05, 4.69) is 38.8 Å². The first-order valence-corrected chi connectivity index (χ1v) is 9.82. The summed E-state index contributed by atoms with van der Waals surface area (Å²) in [6, 6.07) is 8.68. The fraction of sp³-hybridized carbons (Fsp3) is 0.381. The first-order valence-electron chi connectivity index (χ1n) is 9.82. The largest absolute Gasteiger partial charge is 0.459 e. The lowest BCUT2D eigenvalue weighted by atomic mass is 10.0. The first kappa shape index (κ1) is 17.0. The number of aromatic nitrogens is 2. The standard InChI is InChI=1S/C21H23N5O2/c1-13(27)26-9-6-14-2-3-17(12-15(14)7-10-26)23-21-24-18-8-11-28-19(18)20(25-21)22-16-4-5-16/h2-3,8,11-12,16H,4-7,9-10H2,1H3,(H2,22,23,24,25). The highest BCUT2D eigenvalue weighted by Gasteiger charge is 2.24. The van der Waals surface area contributed by atoms with Gasteiger partial charge in [-0.1, -0.05) is 6.07 Å². The van der Waals surface area contributed by atoms with Crippen LogP contribution in [-0.4, -0.2) is 39.9 Å². The second kappa shape index (κ2) is 6.82. The second-order valence-corrected chi connectivity index (χ2v) is 7.56. The lowest BCUT2D eigenvalue weighted by Gasteiger charge is -2.17. The molecule has 1 saturated carbocycles. The topological polar surface area (TPSA) is 83.3 Å². The van der Waals surface area contributed by atoms with E-state index in [-0.39, 0.29) is 5.91 Å². The Morgan fingerprint density at radius 1 is 1.14 bits per heavy atom. The molecular weight excluding hydrogens is 354 g/mol. The molecule has 1 amide bonds. The van der Waals surface area contributed by atoms with Crippen molar-refractivity contribution in [2.75, 3.05) is 23.7 Å². The second-order valence-electron chi connectivity index (χ2n) is 7.56. The van der Waals surface area contributed by atoms with E-state index >= 15 is 0 Å². The molecule has 0 unspecified atom stereocenters. The van der Waals surface area contributed by atoms with Gasteiger partial charge in [-0.05, 0) is 48.9 Å². The van der Waals surface area contributed by atoms with Gasteiger partial charge in [0.15, 0.2) is 11.4 Å². The maximum absolute atomic E-state index is 11.7. The van der Waals surface area contributed by atoms with Gasteiger partial charge in [-0.3, -0.25) is 4.79 Å². The van der Waals surface area contributed by atoms with Gasteiger partial charge in [-0.15, -0.1) is 0 Å². The molecule has 1 aliphatic carbocycles. The number of rotatable bonds is 4. The summed E-state index contributed by atoms with van der Waals surface area (Å²) in [5, 5.41) is 6.76. The predicted molar refractivity (Wildman–Crippen MR) is 108 cm³/mol. The van der Waals surface area contributed by atoms with Crippen LogP contribution >= 0.6 is 0 Å². The zero-order chi connectivity index (χ0) is 19.1. The van der Waals surface area contributed by atoms with Crippen LogP contribution < -0.4 is 10.6 Å². The van der Waals surface area contributed by atoms with Crippen LogP contribution in [-0.2, 0) is 17.6 Å². The van der Waals surface area contributed by atoms with E-state index in [9.17, 15) is 4.79 Å². The van der Waals surface area contributed by atoms with Crippen LogP contribution in [0.2, 0.25) is 0 Å². The summed E-state index contributed by atoms with van der Waals surface area (Å²) in [5.41, 5.74) is 5.01. The average Bonchev–Trinajstić information content (AvgIpc) is 3.40. The van der Waals surface area contributed by atoms with Crippen LogP contribution in [0.15, 0.2) is 34.9 Å². The Morgan fingerprint density at radius 3 is 2.75 bits per heavy atom. The number of hydrogen-bond acceptors (Lipinski definition) is 6. The van der Waals surface area contributed by atoms with Crippen LogP contribution in [0, 0.1) is 0 Å². The number of carbonyl (C=O) groups excluding carboxylic acids is 1. The Morgan fingerprint density at radius 2 is 1.96 bits per heavy atom. The average molecular weight is 377 g/mol. The quantitative estimate of drug-likeness (QED) is 0.724. The van der Waals surface area contributed by atoms with Crippen molar-refractivity contribution in [2.45, 2.75) is 38.6 Å². The van der Waals surface area contributed by atoms with E-state index < -0.39 is 0 Å². The molecule has 2 aliphatic rings. The smallest absolute Gasteiger partial charge is 0.229 e. The van der Waals surface area contributed by atoms with Gasteiger partial charge < -0.3 is 20.0 Å². The lowest BCUT2D eigenvalue weighted by molar-refractivity contribution is -0.128. The summed E-state index contributed by atoms with van der Waals surface area (Å²) < 4.78 is 5.55. The fourth-order valence-corrected chi connectivity index (χ4v) is 3.69. The van der Waals surface area contributed by atoms with E-state index in [0.29, 0.717) is 17.6 Å². The molecule has 3 aromatic rings. The summed E-state index contributed by atoms with van der Waals surface area (Å²) in [5.74, 6) is 1.44. The van der Waals surface area contributed by atoms with Gasteiger partial charge in [0, 0.05) is 37.8 Å². The van der Waals surface area contributed by atoms with Crippen LogP contribution in [0.5, 0.6) is 0 Å². The van der Waals surface area contributed by atoms with E-state index in [4.69, 9.17) is 4.42 Å². The summed E-state index contributed by atoms with van der Waals surface area (Å²) in [6.45, 7) is 3.18. The molecule has 7 nitrogen and oxygen atoms in total. The van der Waals surface area contributed by atoms with Gasteiger partial charge in [0.25, 0.3) is 0 Å². The highest BCUT2D eigenvalue weighted by Crippen LogP contribution is 2.30.